The minimum atomic E-state index is -4.68. The van der Waals surface area contributed by atoms with Crippen molar-refractivity contribution in [3.05, 3.63) is 68.9 Å². The van der Waals surface area contributed by atoms with Crippen molar-refractivity contribution in [2.45, 2.75) is 44.1 Å². The predicted molar refractivity (Wildman–Crippen MR) is 125 cm³/mol. The molecule has 4 rings (SSSR count). The number of nitrogens with one attached hydrogen (secondary N) is 2. The van der Waals surface area contributed by atoms with Gasteiger partial charge in [0.05, 0.1) is 36.3 Å². The Kier molecular flexibility index (Phi) is 7.21. The first-order valence-corrected chi connectivity index (χ1v) is 11.9. The largest absolute Gasteiger partial charge is 0.455 e. The lowest BCUT2D eigenvalue weighted by molar-refractivity contribution is -0.138. The van der Waals surface area contributed by atoms with E-state index in [2.05, 4.69) is 20.6 Å². The van der Waals surface area contributed by atoms with Gasteiger partial charge >= 0.3 is 6.18 Å². The van der Waals surface area contributed by atoms with E-state index in [0.717, 1.165) is 23.5 Å². The number of aliphatic hydroxyl groups is 1. The molecule has 1 fully saturated rings. The Morgan fingerprint density at radius 3 is 2.53 bits per heavy atom. The molecule has 3 N–H and O–H groups in total. The maximum Gasteiger partial charge on any atom is 0.419 e. The second kappa shape index (κ2) is 10.0. The van der Waals surface area contributed by atoms with Crippen LogP contribution in [0.3, 0.4) is 0 Å². The van der Waals surface area contributed by atoms with Crippen molar-refractivity contribution in [3.63, 3.8) is 0 Å². The fourth-order valence-corrected chi connectivity index (χ4v) is 4.17. The third-order valence-electron chi connectivity index (χ3n) is 5.49. The van der Waals surface area contributed by atoms with E-state index in [0.29, 0.717) is 23.4 Å². The number of pyridine rings is 1. The van der Waals surface area contributed by atoms with Crippen molar-refractivity contribution >= 4 is 34.8 Å². The van der Waals surface area contributed by atoms with E-state index < -0.39 is 35.0 Å². The number of nitrogens with zero attached hydrogens (tertiary/aromatic N) is 2. The van der Waals surface area contributed by atoms with Crippen LogP contribution in [0.2, 0.25) is 4.47 Å². The van der Waals surface area contributed by atoms with Crippen LogP contribution in [0.1, 0.15) is 52.4 Å². The van der Waals surface area contributed by atoms with E-state index in [-0.39, 0.29) is 28.2 Å². The molecule has 8 nitrogen and oxygen atoms in total. The minimum absolute atomic E-state index is 0.0417. The van der Waals surface area contributed by atoms with Crippen LogP contribution >= 0.6 is 22.9 Å². The first-order chi connectivity index (χ1) is 17.0. The van der Waals surface area contributed by atoms with Gasteiger partial charge in [-0.1, -0.05) is 29.0 Å². The molecule has 13 heteroatoms. The van der Waals surface area contributed by atoms with E-state index in [1.54, 1.807) is 0 Å². The second-order valence-electron chi connectivity index (χ2n) is 8.21. The summed E-state index contributed by atoms with van der Waals surface area (Å²) in [4.78, 5) is 33.2. The number of aliphatic hydroxyl groups excluding tert-OH is 1. The molecule has 0 radical (unpaired) electrons. The molecule has 0 bridgehead atoms. The standard InChI is InChI=1S/C23H20ClF3N4O4S/c1-12(32)13-2-5-17(16(8-13)23(25,26)27)35-15-4-3-14(28-10-15)9-29-20(34)22(6-7-22)31-19(33)18-11-30-21(24)36-18/h2-5,8,10-12,32H,6-7,9H2,1H3,(H,29,34)(H,31,33). The van der Waals surface area contributed by atoms with Gasteiger partial charge in [-0.3, -0.25) is 14.6 Å². The number of amides is 2. The predicted octanol–water partition coefficient (Wildman–Crippen LogP) is 4.63. The van der Waals surface area contributed by atoms with Crippen molar-refractivity contribution in [2.75, 3.05) is 0 Å². The average molecular weight is 541 g/mol. The molecule has 1 aliphatic carbocycles. The Hall–Kier alpha value is -3.22. The van der Waals surface area contributed by atoms with Crippen LogP contribution in [-0.4, -0.2) is 32.4 Å². The number of ether oxygens (including phenoxy) is 1. The van der Waals surface area contributed by atoms with Crippen molar-refractivity contribution < 1.29 is 32.6 Å². The highest BCUT2D eigenvalue weighted by Gasteiger charge is 2.51. The maximum atomic E-state index is 13.5. The summed E-state index contributed by atoms with van der Waals surface area (Å²) in [5, 5.41) is 15.0. The van der Waals surface area contributed by atoms with Crippen LogP contribution < -0.4 is 15.4 Å². The van der Waals surface area contributed by atoms with E-state index in [9.17, 15) is 27.9 Å². The Bertz CT molecular complexity index is 1280. The summed E-state index contributed by atoms with van der Waals surface area (Å²) in [6.45, 7) is 1.41. The lowest BCUT2D eigenvalue weighted by Crippen LogP contribution is -2.48. The number of alkyl halides is 3. The summed E-state index contributed by atoms with van der Waals surface area (Å²) in [6, 6.07) is 6.27. The van der Waals surface area contributed by atoms with Crippen LogP contribution in [-0.2, 0) is 17.5 Å². The zero-order chi connectivity index (χ0) is 26.1. The summed E-state index contributed by atoms with van der Waals surface area (Å²) in [5.74, 6) is -1.18. The summed E-state index contributed by atoms with van der Waals surface area (Å²) >= 11 is 6.75. The van der Waals surface area contributed by atoms with Gasteiger partial charge in [-0.05, 0) is 49.6 Å². The molecule has 1 atom stereocenters. The molecule has 1 saturated carbocycles. The molecule has 2 heterocycles. The molecule has 0 spiro atoms. The van der Waals surface area contributed by atoms with E-state index in [1.165, 1.54) is 37.5 Å². The molecule has 0 aliphatic heterocycles. The Morgan fingerprint density at radius 2 is 1.97 bits per heavy atom. The molecule has 36 heavy (non-hydrogen) atoms. The second-order valence-corrected chi connectivity index (χ2v) is 9.83. The molecule has 2 amide bonds. The van der Waals surface area contributed by atoms with Gasteiger partial charge in [-0.15, -0.1) is 0 Å². The van der Waals surface area contributed by atoms with Gasteiger partial charge in [0.15, 0.2) is 4.47 Å². The smallest absolute Gasteiger partial charge is 0.419 e. The molecule has 1 unspecified atom stereocenters. The number of benzene rings is 1. The molecular formula is C23H20ClF3N4O4S. The highest BCUT2D eigenvalue weighted by atomic mass is 35.5. The van der Waals surface area contributed by atoms with Crippen molar-refractivity contribution in [3.8, 4) is 11.5 Å². The van der Waals surface area contributed by atoms with Gasteiger partial charge < -0.3 is 20.5 Å². The Balaban J connectivity index is 1.36. The van der Waals surface area contributed by atoms with E-state index in [4.69, 9.17) is 16.3 Å². The molecule has 1 aliphatic rings. The van der Waals surface area contributed by atoms with Crippen LogP contribution in [0.4, 0.5) is 13.2 Å². The summed E-state index contributed by atoms with van der Waals surface area (Å²) in [7, 11) is 0. The quantitative estimate of drug-likeness (QED) is 0.384. The number of carbonyl (C=O) groups excluding carboxylic acids is 2. The fraction of sp³-hybridized carbons (Fsp3) is 0.304. The normalized spacial score (nSPS) is 15.2. The zero-order valence-electron chi connectivity index (χ0n) is 18.7. The number of aromatic nitrogens is 2. The summed E-state index contributed by atoms with van der Waals surface area (Å²) < 4.78 is 46.0. The molecule has 3 aromatic rings. The van der Waals surface area contributed by atoms with Gasteiger partial charge in [-0.2, -0.15) is 13.2 Å². The number of hydrogen-bond donors (Lipinski definition) is 3. The first-order valence-electron chi connectivity index (χ1n) is 10.7. The number of halogens is 4. The number of thiazole rings is 1. The summed E-state index contributed by atoms with van der Waals surface area (Å²) in [5.41, 5.74) is -1.48. The monoisotopic (exact) mass is 540 g/mol. The van der Waals surface area contributed by atoms with Crippen LogP contribution in [0.15, 0.2) is 42.7 Å². The summed E-state index contributed by atoms with van der Waals surface area (Å²) in [6.07, 6.45) is -2.21. The van der Waals surface area contributed by atoms with Gasteiger partial charge in [0.1, 0.15) is 21.9 Å². The third-order valence-corrected chi connectivity index (χ3v) is 6.60. The first kappa shape index (κ1) is 25.9. The zero-order valence-corrected chi connectivity index (χ0v) is 20.3. The van der Waals surface area contributed by atoms with Crippen LogP contribution in [0.25, 0.3) is 0 Å². The average Bonchev–Trinajstić information content (AvgIpc) is 3.48. The topological polar surface area (TPSA) is 113 Å². The molecule has 190 valence electrons. The molecule has 1 aromatic carbocycles. The van der Waals surface area contributed by atoms with Crippen molar-refractivity contribution in [1.29, 1.82) is 0 Å². The fourth-order valence-electron chi connectivity index (χ4n) is 3.33. The lowest BCUT2D eigenvalue weighted by Gasteiger charge is -2.17. The van der Waals surface area contributed by atoms with Crippen molar-refractivity contribution in [2.24, 2.45) is 0 Å². The van der Waals surface area contributed by atoms with Gasteiger partial charge in [0.25, 0.3) is 5.91 Å². The highest BCUT2D eigenvalue weighted by Crippen LogP contribution is 2.39. The SMILES string of the molecule is CC(O)c1ccc(Oc2ccc(CNC(=O)C3(NC(=O)c4cnc(Cl)s4)CC3)nc2)c(C(F)(F)F)c1. The number of carbonyl (C=O) groups is 2. The molecule has 2 aromatic heterocycles. The van der Waals surface area contributed by atoms with Gasteiger partial charge in [0, 0.05) is 0 Å². The molecule has 0 saturated heterocycles. The van der Waals surface area contributed by atoms with Crippen LogP contribution in [0.5, 0.6) is 11.5 Å². The Morgan fingerprint density at radius 1 is 1.22 bits per heavy atom. The number of rotatable bonds is 8. The van der Waals surface area contributed by atoms with E-state index >= 15 is 0 Å². The maximum absolute atomic E-state index is 13.5. The van der Waals surface area contributed by atoms with E-state index in [1.807, 2.05) is 0 Å². The lowest BCUT2D eigenvalue weighted by atomic mass is 10.1. The highest BCUT2D eigenvalue weighted by molar-refractivity contribution is 7.17. The number of hydrogen-bond acceptors (Lipinski definition) is 7. The Labute approximate surface area is 212 Å². The minimum Gasteiger partial charge on any atom is -0.455 e. The van der Waals surface area contributed by atoms with Gasteiger partial charge in [-0.25, -0.2) is 4.98 Å². The van der Waals surface area contributed by atoms with Gasteiger partial charge in [0.2, 0.25) is 5.91 Å². The van der Waals surface area contributed by atoms with Crippen molar-refractivity contribution in [1.82, 2.24) is 20.6 Å². The third kappa shape index (κ3) is 5.94. The molecular weight excluding hydrogens is 521 g/mol. The van der Waals surface area contributed by atoms with Crippen LogP contribution in [0, 0.1) is 0 Å².